The van der Waals surface area contributed by atoms with E-state index in [1.165, 1.54) is 5.56 Å². The second kappa shape index (κ2) is 7.19. The van der Waals surface area contributed by atoms with Crippen molar-refractivity contribution in [1.29, 1.82) is 0 Å². The van der Waals surface area contributed by atoms with E-state index in [0.29, 0.717) is 12.3 Å². The minimum absolute atomic E-state index is 0.266. The zero-order valence-corrected chi connectivity index (χ0v) is 15.8. The van der Waals surface area contributed by atoms with Crippen LogP contribution in [0.1, 0.15) is 24.8 Å². The number of benzene rings is 1. The zero-order valence-electron chi connectivity index (χ0n) is 15.8. The minimum atomic E-state index is 0.266. The maximum absolute atomic E-state index is 12.9. The summed E-state index contributed by atoms with van der Waals surface area (Å²) in [5.74, 6) is 1.68. The molecular formula is C22H23N5O. The Bertz CT molecular complexity index is 1010. The number of amides is 1. The molecular weight excluding hydrogens is 350 g/mol. The summed E-state index contributed by atoms with van der Waals surface area (Å²) >= 11 is 0. The molecule has 2 aliphatic rings. The molecule has 28 heavy (non-hydrogen) atoms. The fourth-order valence-electron chi connectivity index (χ4n) is 4.45. The molecule has 0 atom stereocenters. The van der Waals surface area contributed by atoms with Crippen molar-refractivity contribution in [1.82, 2.24) is 15.0 Å². The molecule has 1 aromatic carbocycles. The summed E-state index contributed by atoms with van der Waals surface area (Å²) in [6.45, 7) is 2.66. The highest BCUT2D eigenvalue weighted by molar-refractivity contribution is 5.95. The smallest absolute Gasteiger partial charge is 0.227 e. The average molecular weight is 373 g/mol. The van der Waals surface area contributed by atoms with Crippen LogP contribution in [-0.2, 0) is 11.2 Å². The summed E-state index contributed by atoms with van der Waals surface area (Å²) in [5.41, 5.74) is 3.26. The van der Waals surface area contributed by atoms with Gasteiger partial charge in [-0.3, -0.25) is 9.78 Å². The topological polar surface area (TPSA) is 62.2 Å². The van der Waals surface area contributed by atoms with Gasteiger partial charge in [0, 0.05) is 43.3 Å². The number of fused-ring (bicyclic) bond motifs is 2. The number of anilines is 2. The summed E-state index contributed by atoms with van der Waals surface area (Å²) in [7, 11) is 0. The van der Waals surface area contributed by atoms with E-state index < -0.39 is 0 Å². The van der Waals surface area contributed by atoms with Gasteiger partial charge in [-0.05, 0) is 42.9 Å². The van der Waals surface area contributed by atoms with Gasteiger partial charge in [0.2, 0.25) is 5.91 Å². The first-order valence-electron chi connectivity index (χ1n) is 9.97. The molecule has 0 aliphatic carbocycles. The van der Waals surface area contributed by atoms with Crippen LogP contribution in [0.4, 0.5) is 11.5 Å². The molecule has 1 fully saturated rings. The number of carbonyl (C=O) groups is 1. The Morgan fingerprint density at radius 2 is 1.93 bits per heavy atom. The number of piperidine rings is 1. The third-order valence-corrected chi connectivity index (χ3v) is 5.98. The van der Waals surface area contributed by atoms with E-state index >= 15 is 0 Å². The molecule has 3 aromatic rings. The van der Waals surface area contributed by atoms with Gasteiger partial charge in [0.1, 0.15) is 12.1 Å². The van der Waals surface area contributed by atoms with Crippen LogP contribution in [0.3, 0.4) is 0 Å². The molecule has 4 heterocycles. The number of aromatic nitrogens is 3. The van der Waals surface area contributed by atoms with Crippen molar-refractivity contribution >= 4 is 28.3 Å². The van der Waals surface area contributed by atoms with Crippen molar-refractivity contribution in [2.24, 2.45) is 5.92 Å². The van der Waals surface area contributed by atoms with E-state index in [1.54, 1.807) is 18.7 Å². The SMILES string of the molecule is O=C(CC1CCN(c2ncnc3cnccc23)CC1)N1CCc2ccccc21. The van der Waals surface area contributed by atoms with Gasteiger partial charge in [-0.15, -0.1) is 0 Å². The number of rotatable bonds is 3. The molecule has 142 valence electrons. The molecule has 5 rings (SSSR count). The minimum Gasteiger partial charge on any atom is -0.356 e. The van der Waals surface area contributed by atoms with Crippen LogP contribution in [0.5, 0.6) is 0 Å². The summed E-state index contributed by atoms with van der Waals surface area (Å²) in [4.78, 5) is 30.1. The third kappa shape index (κ3) is 3.09. The van der Waals surface area contributed by atoms with Crippen LogP contribution in [0, 0.1) is 5.92 Å². The maximum atomic E-state index is 12.9. The Kier molecular flexibility index (Phi) is 4.39. The Labute approximate surface area is 164 Å². The van der Waals surface area contributed by atoms with Gasteiger partial charge in [0.15, 0.2) is 0 Å². The largest absolute Gasteiger partial charge is 0.356 e. The predicted octanol–water partition coefficient (Wildman–Crippen LogP) is 3.22. The van der Waals surface area contributed by atoms with Crippen LogP contribution in [0.2, 0.25) is 0 Å². The van der Waals surface area contributed by atoms with E-state index in [9.17, 15) is 4.79 Å². The van der Waals surface area contributed by atoms with Crippen molar-refractivity contribution in [3.63, 3.8) is 0 Å². The number of carbonyl (C=O) groups excluding carboxylic acids is 1. The molecule has 6 heteroatoms. The summed E-state index contributed by atoms with van der Waals surface area (Å²) in [6, 6.07) is 10.2. The summed E-state index contributed by atoms with van der Waals surface area (Å²) in [6.07, 6.45) is 8.80. The molecule has 1 amide bonds. The van der Waals surface area contributed by atoms with E-state index in [0.717, 1.165) is 61.3 Å². The molecule has 0 bridgehead atoms. The molecule has 2 aromatic heterocycles. The van der Waals surface area contributed by atoms with E-state index in [-0.39, 0.29) is 5.91 Å². The molecule has 0 saturated carbocycles. The van der Waals surface area contributed by atoms with Gasteiger partial charge < -0.3 is 9.80 Å². The molecule has 0 spiro atoms. The van der Waals surface area contributed by atoms with Gasteiger partial charge in [-0.25, -0.2) is 9.97 Å². The first kappa shape index (κ1) is 17.1. The van der Waals surface area contributed by atoms with Gasteiger partial charge in [0.25, 0.3) is 0 Å². The molecule has 1 saturated heterocycles. The van der Waals surface area contributed by atoms with Crippen molar-refractivity contribution in [2.75, 3.05) is 29.4 Å². The first-order valence-corrected chi connectivity index (χ1v) is 9.97. The van der Waals surface area contributed by atoms with Crippen molar-refractivity contribution < 1.29 is 4.79 Å². The molecule has 0 unspecified atom stereocenters. The Morgan fingerprint density at radius 3 is 2.82 bits per heavy atom. The van der Waals surface area contributed by atoms with Gasteiger partial charge >= 0.3 is 0 Å². The van der Waals surface area contributed by atoms with E-state index in [4.69, 9.17) is 0 Å². The van der Waals surface area contributed by atoms with E-state index in [2.05, 4.69) is 38.1 Å². The Morgan fingerprint density at radius 1 is 1.07 bits per heavy atom. The van der Waals surface area contributed by atoms with Crippen molar-refractivity contribution in [3.8, 4) is 0 Å². The van der Waals surface area contributed by atoms with Gasteiger partial charge in [0.05, 0.1) is 11.7 Å². The lowest BCUT2D eigenvalue weighted by Gasteiger charge is -2.33. The van der Waals surface area contributed by atoms with Crippen LogP contribution >= 0.6 is 0 Å². The monoisotopic (exact) mass is 373 g/mol. The predicted molar refractivity (Wildman–Crippen MR) is 109 cm³/mol. The fourth-order valence-corrected chi connectivity index (χ4v) is 4.45. The quantitative estimate of drug-likeness (QED) is 0.705. The third-order valence-electron chi connectivity index (χ3n) is 5.98. The number of nitrogens with zero attached hydrogens (tertiary/aromatic N) is 5. The number of hydrogen-bond donors (Lipinski definition) is 0. The normalized spacial score (nSPS) is 17.1. The van der Waals surface area contributed by atoms with Crippen LogP contribution in [0.25, 0.3) is 10.9 Å². The lowest BCUT2D eigenvalue weighted by atomic mass is 9.92. The van der Waals surface area contributed by atoms with Gasteiger partial charge in [-0.1, -0.05) is 18.2 Å². The Hall–Kier alpha value is -3.02. The second-order valence-electron chi connectivity index (χ2n) is 7.65. The summed E-state index contributed by atoms with van der Waals surface area (Å²) < 4.78 is 0. The maximum Gasteiger partial charge on any atom is 0.227 e. The lowest BCUT2D eigenvalue weighted by Crippen LogP contribution is -2.37. The van der Waals surface area contributed by atoms with Crippen molar-refractivity contribution in [2.45, 2.75) is 25.7 Å². The van der Waals surface area contributed by atoms with Crippen LogP contribution < -0.4 is 9.80 Å². The number of para-hydroxylation sites is 1. The number of hydrogen-bond acceptors (Lipinski definition) is 5. The zero-order chi connectivity index (χ0) is 18.9. The van der Waals surface area contributed by atoms with Gasteiger partial charge in [-0.2, -0.15) is 0 Å². The standard InChI is InChI=1S/C22H23N5O/c28-21(27-12-8-17-3-1-2-4-20(17)27)13-16-6-10-26(11-7-16)22-18-5-9-23-14-19(18)24-15-25-22/h1-5,9,14-16H,6-8,10-13H2. The summed E-state index contributed by atoms with van der Waals surface area (Å²) in [5, 5.41) is 1.04. The Balaban J connectivity index is 1.24. The fraction of sp³-hybridized carbons (Fsp3) is 0.364. The highest BCUT2D eigenvalue weighted by Crippen LogP contribution is 2.31. The highest BCUT2D eigenvalue weighted by atomic mass is 16.2. The second-order valence-corrected chi connectivity index (χ2v) is 7.65. The average Bonchev–Trinajstić information content (AvgIpc) is 3.18. The molecule has 0 radical (unpaired) electrons. The van der Waals surface area contributed by atoms with Crippen LogP contribution in [0.15, 0.2) is 49.1 Å². The number of pyridine rings is 1. The lowest BCUT2D eigenvalue weighted by molar-refractivity contribution is -0.119. The van der Waals surface area contributed by atoms with E-state index in [1.807, 2.05) is 17.0 Å². The molecule has 6 nitrogen and oxygen atoms in total. The molecule has 0 N–H and O–H groups in total. The highest BCUT2D eigenvalue weighted by Gasteiger charge is 2.28. The van der Waals surface area contributed by atoms with Crippen molar-refractivity contribution in [3.05, 3.63) is 54.6 Å². The molecule has 2 aliphatic heterocycles. The first-order chi connectivity index (χ1) is 13.8. The van der Waals surface area contributed by atoms with Crippen LogP contribution in [-0.4, -0.2) is 40.5 Å².